The van der Waals surface area contributed by atoms with E-state index in [9.17, 15) is 26.4 Å². The smallest absolute Gasteiger partial charge is 0.318 e. The van der Waals surface area contributed by atoms with Crippen molar-refractivity contribution in [2.75, 3.05) is 6.67 Å². The maximum atomic E-state index is 13.5. The predicted molar refractivity (Wildman–Crippen MR) is 110 cm³/mol. The van der Waals surface area contributed by atoms with Gasteiger partial charge in [0.15, 0.2) is 0 Å². The molecule has 0 aliphatic carbocycles. The fraction of sp³-hybridized carbons (Fsp3) is 0.211. The summed E-state index contributed by atoms with van der Waals surface area (Å²) in [4.78, 5) is 23.2. The number of alkyl halides is 3. The number of amides is 1. The molecular weight excluding hydrogens is 453 g/mol. The van der Waals surface area contributed by atoms with Crippen LogP contribution in [0.4, 0.5) is 13.2 Å². The fourth-order valence-electron chi connectivity index (χ4n) is 2.92. The maximum Gasteiger partial charge on any atom is 0.417 e. The molecule has 7 nitrogen and oxygen atoms in total. The Labute approximate surface area is 181 Å². The van der Waals surface area contributed by atoms with Crippen molar-refractivity contribution >= 4 is 28.1 Å². The van der Waals surface area contributed by atoms with Crippen LogP contribution < -0.4 is 4.72 Å². The topological polar surface area (TPSA) is 92.3 Å². The number of thiazole rings is 1. The minimum Gasteiger partial charge on any atom is -0.318 e. The monoisotopic (exact) mass is 470 g/mol. The summed E-state index contributed by atoms with van der Waals surface area (Å²) >= 11 is 1.32. The average Bonchev–Trinajstić information content (AvgIpc) is 3.14. The quantitative estimate of drug-likeness (QED) is 0.409. The van der Waals surface area contributed by atoms with Gasteiger partial charge in [-0.3, -0.25) is 9.78 Å². The predicted octanol–water partition coefficient (Wildman–Crippen LogP) is 3.25. The molecule has 3 rings (SSSR count). The summed E-state index contributed by atoms with van der Waals surface area (Å²) in [5.41, 5.74) is -1.31. The first-order valence-corrected chi connectivity index (χ1v) is 10.9. The maximum absolute atomic E-state index is 13.5. The van der Waals surface area contributed by atoms with Crippen molar-refractivity contribution in [3.8, 4) is 11.1 Å². The number of hydrogen-bond acceptors (Lipinski definition) is 6. The molecule has 12 heteroatoms. The second-order valence-corrected chi connectivity index (χ2v) is 8.51. The Hall–Kier alpha value is -2.83. The van der Waals surface area contributed by atoms with E-state index >= 15 is 0 Å². The van der Waals surface area contributed by atoms with Crippen molar-refractivity contribution in [2.45, 2.75) is 19.6 Å². The zero-order valence-corrected chi connectivity index (χ0v) is 17.8. The highest BCUT2D eigenvalue weighted by Crippen LogP contribution is 2.38. The van der Waals surface area contributed by atoms with Crippen LogP contribution >= 0.6 is 11.3 Å². The molecule has 0 spiro atoms. The van der Waals surface area contributed by atoms with Crippen molar-refractivity contribution < 1.29 is 26.4 Å². The molecule has 0 aliphatic rings. The van der Waals surface area contributed by atoms with Crippen LogP contribution in [0.3, 0.4) is 0 Å². The summed E-state index contributed by atoms with van der Waals surface area (Å²) in [5.74, 6) is -0.719. The number of rotatable bonds is 7. The van der Waals surface area contributed by atoms with Gasteiger partial charge in [0.2, 0.25) is 10.9 Å². The molecule has 0 saturated carbocycles. The second-order valence-electron chi connectivity index (χ2n) is 6.36. The van der Waals surface area contributed by atoms with Gasteiger partial charge in [0, 0.05) is 22.8 Å². The number of nitrogens with one attached hydrogen (secondary N) is 1. The van der Waals surface area contributed by atoms with Crippen molar-refractivity contribution in [3.05, 3.63) is 69.9 Å². The van der Waals surface area contributed by atoms with Gasteiger partial charge >= 0.3 is 6.18 Å². The Morgan fingerprint density at radius 2 is 1.84 bits per heavy atom. The third-order valence-corrected chi connectivity index (χ3v) is 5.52. The number of aromatic nitrogens is 2. The lowest BCUT2D eigenvalue weighted by atomic mass is 9.97. The Morgan fingerprint density at radius 3 is 2.48 bits per heavy atom. The molecule has 0 unspecified atom stereocenters. The number of carbonyl (C=O) groups excluding carboxylic acids is 1. The summed E-state index contributed by atoms with van der Waals surface area (Å²) in [6.45, 7) is 1.42. The van der Waals surface area contributed by atoms with Gasteiger partial charge in [0.1, 0.15) is 5.69 Å². The summed E-state index contributed by atoms with van der Waals surface area (Å²) < 4.78 is 64.7. The summed E-state index contributed by atoms with van der Waals surface area (Å²) in [6, 6.07) is 7.70. The number of nitrogens with zero attached hydrogens (tertiary/aromatic N) is 3. The van der Waals surface area contributed by atoms with E-state index in [-0.39, 0.29) is 30.0 Å². The van der Waals surface area contributed by atoms with E-state index in [0.717, 1.165) is 16.0 Å². The van der Waals surface area contributed by atoms with Gasteiger partial charge < -0.3 is 4.90 Å². The lowest BCUT2D eigenvalue weighted by molar-refractivity contribution is -0.137. The highest BCUT2D eigenvalue weighted by molar-refractivity contribution is 7.70. The van der Waals surface area contributed by atoms with Gasteiger partial charge in [0.05, 0.1) is 23.8 Å². The molecule has 1 N–H and O–H groups in total. The molecule has 1 aromatic carbocycles. The second kappa shape index (κ2) is 9.54. The van der Waals surface area contributed by atoms with E-state index in [0.29, 0.717) is 4.88 Å². The van der Waals surface area contributed by atoms with Gasteiger partial charge in [-0.25, -0.2) is 13.4 Å². The normalized spacial score (nSPS) is 11.6. The van der Waals surface area contributed by atoms with Crippen molar-refractivity contribution in [1.82, 2.24) is 19.6 Å². The summed E-state index contributed by atoms with van der Waals surface area (Å²) in [7, 11) is -2.99. The van der Waals surface area contributed by atoms with E-state index in [1.54, 1.807) is 13.1 Å². The van der Waals surface area contributed by atoms with E-state index in [1.165, 1.54) is 47.9 Å². The standard InChI is InChI=1S/C19H17F3N4O3S2/c1-12-24-9-13(30-12)10-26(11-25-31(28)29)18(27)17-15(6-4-8-23-17)14-5-2-3-7-16(14)19(20,21)22/h2-9,31H,10-11H2,1H3,(H,25,28,29). The van der Waals surface area contributed by atoms with Crippen LogP contribution in [-0.4, -0.2) is 35.9 Å². The van der Waals surface area contributed by atoms with E-state index in [4.69, 9.17) is 0 Å². The largest absolute Gasteiger partial charge is 0.417 e. The molecular formula is C19H17F3N4O3S2. The van der Waals surface area contributed by atoms with Crippen LogP contribution in [0.15, 0.2) is 48.8 Å². The first kappa shape index (κ1) is 22.8. The third kappa shape index (κ3) is 5.66. The van der Waals surface area contributed by atoms with Crippen molar-refractivity contribution in [3.63, 3.8) is 0 Å². The van der Waals surface area contributed by atoms with Gasteiger partial charge in [-0.2, -0.15) is 17.9 Å². The molecule has 0 aliphatic heterocycles. The van der Waals surface area contributed by atoms with Gasteiger partial charge in [0.25, 0.3) is 5.91 Å². The van der Waals surface area contributed by atoms with Gasteiger partial charge in [-0.15, -0.1) is 11.3 Å². The van der Waals surface area contributed by atoms with Crippen LogP contribution in [0, 0.1) is 6.92 Å². The van der Waals surface area contributed by atoms with Crippen LogP contribution in [-0.2, 0) is 23.6 Å². The molecule has 0 saturated heterocycles. The Bertz CT molecular complexity index is 1150. The summed E-state index contributed by atoms with van der Waals surface area (Å²) in [5, 5.41) is 0.753. The number of benzene rings is 1. The Balaban J connectivity index is 2.04. The number of pyridine rings is 1. The number of hydrogen-bond donors (Lipinski definition) is 2. The van der Waals surface area contributed by atoms with Crippen molar-refractivity contribution in [1.29, 1.82) is 0 Å². The molecule has 0 bridgehead atoms. The SMILES string of the molecule is Cc1ncc(CN(CN[SH](=O)=O)C(=O)c2ncccc2-c2ccccc2C(F)(F)F)s1. The number of aryl methyl sites for hydroxylation is 1. The molecule has 1 amide bonds. The summed E-state index contributed by atoms with van der Waals surface area (Å²) in [6.07, 6.45) is -1.78. The fourth-order valence-corrected chi connectivity index (χ4v) is 4.01. The zero-order valence-electron chi connectivity index (χ0n) is 16.1. The minimum atomic E-state index is -4.63. The van der Waals surface area contributed by atoms with Crippen LogP contribution in [0.1, 0.15) is 25.9 Å². The van der Waals surface area contributed by atoms with Crippen LogP contribution in [0.25, 0.3) is 11.1 Å². The van der Waals surface area contributed by atoms with Crippen LogP contribution in [0.5, 0.6) is 0 Å². The lowest BCUT2D eigenvalue weighted by Crippen LogP contribution is -2.38. The van der Waals surface area contributed by atoms with Crippen molar-refractivity contribution in [2.24, 2.45) is 0 Å². The highest BCUT2D eigenvalue weighted by Gasteiger charge is 2.34. The zero-order chi connectivity index (χ0) is 22.6. The number of carbonyl (C=O) groups is 1. The molecule has 164 valence electrons. The number of thiol groups is 1. The molecule has 31 heavy (non-hydrogen) atoms. The highest BCUT2D eigenvalue weighted by atomic mass is 32.2. The molecule has 2 aromatic heterocycles. The molecule has 0 fully saturated rings. The van der Waals surface area contributed by atoms with E-state index in [1.807, 2.05) is 0 Å². The molecule has 3 aromatic rings. The average molecular weight is 470 g/mol. The third-order valence-electron chi connectivity index (χ3n) is 4.23. The van der Waals surface area contributed by atoms with E-state index in [2.05, 4.69) is 14.7 Å². The van der Waals surface area contributed by atoms with E-state index < -0.39 is 28.5 Å². The minimum absolute atomic E-state index is 0.00239. The van der Waals surface area contributed by atoms with Crippen LogP contribution in [0.2, 0.25) is 0 Å². The van der Waals surface area contributed by atoms with Gasteiger partial charge in [-0.05, 0) is 24.6 Å². The Kier molecular flexibility index (Phi) is 7.03. The lowest BCUT2D eigenvalue weighted by Gasteiger charge is -2.22. The van der Waals surface area contributed by atoms with Gasteiger partial charge in [-0.1, -0.05) is 24.3 Å². The molecule has 0 radical (unpaired) electrons. The molecule has 2 heterocycles. The number of halogens is 3. The molecule has 0 atom stereocenters. The first-order valence-electron chi connectivity index (χ1n) is 8.87. The first-order chi connectivity index (χ1) is 14.7. The Morgan fingerprint density at radius 1 is 1.13 bits per heavy atom.